The van der Waals surface area contributed by atoms with E-state index in [0.717, 1.165) is 57.8 Å². The van der Waals surface area contributed by atoms with Crippen LogP contribution in [0.3, 0.4) is 0 Å². The number of nitrogens with zero attached hydrogens (tertiary/aromatic N) is 1. The van der Waals surface area contributed by atoms with Gasteiger partial charge in [-0.05, 0) is 44.9 Å². The molecule has 11 heteroatoms. The Morgan fingerprint density at radius 2 is 1.21 bits per heavy atom. The standard InChI is InChI=1S/C42H76NO9P/c1-6-8-10-11-12-13-16-20-23-26-29-33-41(45)49-37-40(38-51-53(47,48)50-36-35-43(3,4)5)52-42(46)34-30-27-24-21-18-15-14-17-19-22-25-28-32-39(44)31-9-7-2/h14-15,19,21-22,24,28,32,39-40,44H,6-13,16-18,20,23,25-27,29-31,33-38H2,1-5H3/b15-14-,22-19-,24-21-,32-28-/t39-,40-/m1/s1. The number of quaternary nitrogens is 1. The Morgan fingerprint density at radius 3 is 1.79 bits per heavy atom. The molecule has 0 radical (unpaired) electrons. The molecule has 0 heterocycles. The van der Waals surface area contributed by atoms with Gasteiger partial charge >= 0.3 is 11.9 Å². The van der Waals surface area contributed by atoms with E-state index in [-0.39, 0.29) is 32.2 Å². The van der Waals surface area contributed by atoms with E-state index in [1.54, 1.807) is 0 Å². The van der Waals surface area contributed by atoms with E-state index >= 15 is 0 Å². The molecule has 0 amide bonds. The van der Waals surface area contributed by atoms with Gasteiger partial charge in [-0.15, -0.1) is 0 Å². The molecule has 0 spiro atoms. The number of likely N-dealkylation sites (N-methyl/N-ethyl adjacent to an activating group) is 1. The van der Waals surface area contributed by atoms with E-state index in [2.05, 4.69) is 38.2 Å². The maximum Gasteiger partial charge on any atom is 0.306 e. The first kappa shape index (κ1) is 50.9. The second kappa shape index (κ2) is 34.4. The van der Waals surface area contributed by atoms with Crippen molar-refractivity contribution in [3.8, 4) is 0 Å². The maximum atomic E-state index is 12.6. The van der Waals surface area contributed by atoms with Gasteiger partial charge in [0.05, 0.1) is 33.9 Å². The number of phosphoric acid groups is 1. The zero-order valence-electron chi connectivity index (χ0n) is 34.1. The number of hydrogen-bond acceptors (Lipinski definition) is 9. The Kier molecular flexibility index (Phi) is 33.1. The van der Waals surface area contributed by atoms with Crippen molar-refractivity contribution < 1.29 is 47.2 Å². The number of rotatable bonds is 36. The molecule has 0 saturated carbocycles. The van der Waals surface area contributed by atoms with Gasteiger partial charge in [0.15, 0.2) is 6.10 Å². The van der Waals surface area contributed by atoms with E-state index in [9.17, 15) is 24.2 Å². The van der Waals surface area contributed by atoms with Crippen LogP contribution in [0.5, 0.6) is 0 Å². The lowest BCUT2D eigenvalue weighted by atomic mass is 10.1. The molecule has 0 aromatic rings. The largest absolute Gasteiger partial charge is 0.756 e. The molecule has 1 N–H and O–H groups in total. The van der Waals surface area contributed by atoms with Gasteiger partial charge in [-0.1, -0.05) is 140 Å². The van der Waals surface area contributed by atoms with Crippen molar-refractivity contribution in [1.82, 2.24) is 0 Å². The summed E-state index contributed by atoms with van der Waals surface area (Å²) in [7, 11) is 1.10. The molecule has 3 atom stereocenters. The number of esters is 2. The van der Waals surface area contributed by atoms with Crippen LogP contribution < -0.4 is 4.89 Å². The van der Waals surface area contributed by atoms with Crippen LogP contribution in [0.15, 0.2) is 48.6 Å². The van der Waals surface area contributed by atoms with E-state index in [4.69, 9.17) is 18.5 Å². The second-order valence-corrected chi connectivity index (χ2v) is 16.2. The summed E-state index contributed by atoms with van der Waals surface area (Å²) in [6.07, 6.45) is 34.8. The van der Waals surface area contributed by atoms with Crippen LogP contribution in [0.1, 0.15) is 149 Å². The zero-order chi connectivity index (χ0) is 39.5. The first-order valence-corrected chi connectivity index (χ1v) is 21.9. The molecular formula is C42H76NO9P. The highest BCUT2D eigenvalue weighted by Gasteiger charge is 2.21. The average Bonchev–Trinajstić information content (AvgIpc) is 3.10. The minimum atomic E-state index is -4.64. The molecule has 308 valence electrons. The molecule has 0 aromatic carbocycles. The quantitative estimate of drug-likeness (QED) is 0.0218. The second-order valence-electron chi connectivity index (χ2n) is 14.8. The fraction of sp³-hybridized carbons (Fsp3) is 0.762. The molecule has 0 aromatic heterocycles. The van der Waals surface area contributed by atoms with Crippen LogP contribution in [-0.2, 0) is 32.7 Å². The predicted molar refractivity (Wildman–Crippen MR) is 214 cm³/mol. The van der Waals surface area contributed by atoms with Crippen LogP contribution in [0, 0.1) is 0 Å². The number of hydrogen-bond donors (Lipinski definition) is 1. The molecule has 0 rings (SSSR count). The number of ether oxygens (including phenoxy) is 2. The molecule has 0 saturated heterocycles. The number of carbonyl (C=O) groups excluding carboxylic acids is 2. The third-order valence-electron chi connectivity index (χ3n) is 8.42. The first-order valence-electron chi connectivity index (χ1n) is 20.4. The lowest BCUT2D eigenvalue weighted by molar-refractivity contribution is -0.870. The molecule has 10 nitrogen and oxygen atoms in total. The number of carbonyl (C=O) groups is 2. The minimum Gasteiger partial charge on any atom is -0.756 e. The zero-order valence-corrected chi connectivity index (χ0v) is 35.0. The SMILES string of the molecule is CCCCCCCCCCCCCC(=O)OC[C@H](COP(=O)([O-])OCC[N+](C)(C)C)OC(=O)CCC/C=C\C/C=C\C/C=C\C/C=C\[C@H](O)CCCC. The average molecular weight is 770 g/mol. The molecular weight excluding hydrogens is 693 g/mol. The lowest BCUT2D eigenvalue weighted by Gasteiger charge is -2.28. The highest BCUT2D eigenvalue weighted by molar-refractivity contribution is 7.45. The van der Waals surface area contributed by atoms with E-state index in [1.165, 1.54) is 51.4 Å². The molecule has 0 fully saturated rings. The Labute approximate surface area is 323 Å². The topological polar surface area (TPSA) is 131 Å². The number of allylic oxidation sites excluding steroid dienone is 7. The molecule has 53 heavy (non-hydrogen) atoms. The fourth-order valence-electron chi connectivity index (χ4n) is 5.13. The first-order chi connectivity index (χ1) is 25.4. The van der Waals surface area contributed by atoms with E-state index in [1.807, 2.05) is 45.4 Å². The Bertz CT molecular complexity index is 1070. The Morgan fingerprint density at radius 1 is 0.679 bits per heavy atom. The van der Waals surface area contributed by atoms with Crippen LogP contribution in [0.4, 0.5) is 0 Å². The number of phosphoric ester groups is 1. The van der Waals surface area contributed by atoms with Gasteiger partial charge < -0.3 is 33.0 Å². The van der Waals surface area contributed by atoms with Crippen molar-refractivity contribution in [3.63, 3.8) is 0 Å². The van der Waals surface area contributed by atoms with Gasteiger partial charge in [-0.2, -0.15) is 0 Å². The van der Waals surface area contributed by atoms with E-state index < -0.39 is 32.5 Å². The summed E-state index contributed by atoms with van der Waals surface area (Å²) in [4.78, 5) is 37.4. The van der Waals surface area contributed by atoms with Crippen molar-refractivity contribution in [2.75, 3.05) is 47.5 Å². The maximum absolute atomic E-state index is 12.6. The van der Waals surface area contributed by atoms with Crippen LogP contribution in [0.2, 0.25) is 0 Å². The molecule has 0 aliphatic carbocycles. The molecule has 1 unspecified atom stereocenters. The van der Waals surface area contributed by atoms with E-state index in [0.29, 0.717) is 23.9 Å². The minimum absolute atomic E-state index is 0.0490. The van der Waals surface area contributed by atoms with Gasteiger partial charge in [0.1, 0.15) is 19.8 Å². The summed E-state index contributed by atoms with van der Waals surface area (Å²) in [6.45, 7) is 3.96. The number of aliphatic hydroxyl groups is 1. The third-order valence-corrected chi connectivity index (χ3v) is 9.39. The highest BCUT2D eigenvalue weighted by atomic mass is 31.2. The lowest BCUT2D eigenvalue weighted by Crippen LogP contribution is -2.37. The number of unbranched alkanes of at least 4 members (excludes halogenated alkanes) is 12. The van der Waals surface area contributed by atoms with Gasteiger partial charge in [0.2, 0.25) is 0 Å². The molecule has 0 aliphatic rings. The Hall–Kier alpha value is -2.07. The number of aliphatic hydroxyl groups excluding tert-OH is 1. The molecule has 0 bridgehead atoms. The van der Waals surface area contributed by atoms with Crippen molar-refractivity contribution >= 4 is 19.8 Å². The normalized spacial score (nSPS) is 14.8. The summed E-state index contributed by atoms with van der Waals surface area (Å²) in [5.41, 5.74) is 0. The van der Waals surface area contributed by atoms with Crippen molar-refractivity contribution in [3.05, 3.63) is 48.6 Å². The van der Waals surface area contributed by atoms with Crippen molar-refractivity contribution in [2.45, 2.75) is 161 Å². The smallest absolute Gasteiger partial charge is 0.306 e. The fourth-order valence-corrected chi connectivity index (χ4v) is 5.86. The predicted octanol–water partition coefficient (Wildman–Crippen LogP) is 9.47. The van der Waals surface area contributed by atoms with Crippen molar-refractivity contribution in [2.24, 2.45) is 0 Å². The summed E-state index contributed by atoms with van der Waals surface area (Å²) >= 11 is 0. The van der Waals surface area contributed by atoms with Gasteiger partial charge in [0.25, 0.3) is 7.82 Å². The summed E-state index contributed by atoms with van der Waals surface area (Å²) in [5.74, 6) is -0.926. The van der Waals surface area contributed by atoms with Crippen molar-refractivity contribution in [1.29, 1.82) is 0 Å². The third kappa shape index (κ3) is 38.0. The highest BCUT2D eigenvalue weighted by Crippen LogP contribution is 2.38. The summed E-state index contributed by atoms with van der Waals surface area (Å²) < 4.78 is 33.7. The Balaban J connectivity index is 4.54. The summed E-state index contributed by atoms with van der Waals surface area (Å²) in [5, 5.41) is 9.81. The van der Waals surface area contributed by atoms with Crippen LogP contribution in [-0.4, -0.2) is 81.2 Å². The van der Waals surface area contributed by atoms with Gasteiger partial charge in [-0.25, -0.2) is 0 Å². The van der Waals surface area contributed by atoms with Crippen LogP contribution >= 0.6 is 7.82 Å². The van der Waals surface area contributed by atoms with Gasteiger partial charge in [0, 0.05) is 12.8 Å². The van der Waals surface area contributed by atoms with Crippen LogP contribution in [0.25, 0.3) is 0 Å². The monoisotopic (exact) mass is 770 g/mol. The summed E-state index contributed by atoms with van der Waals surface area (Å²) in [6, 6.07) is 0. The van der Waals surface area contributed by atoms with Gasteiger partial charge in [-0.3, -0.25) is 14.2 Å². The molecule has 0 aliphatic heterocycles.